The lowest BCUT2D eigenvalue weighted by Crippen LogP contribution is -2.14. The van der Waals surface area contributed by atoms with Crippen molar-refractivity contribution in [1.82, 2.24) is 9.97 Å². The molecule has 1 fully saturated rings. The minimum absolute atomic E-state index is 0.159. The van der Waals surface area contributed by atoms with Crippen molar-refractivity contribution in [3.05, 3.63) is 72.6 Å². The molecule has 1 aliphatic heterocycles. The molecule has 1 amide bonds. The summed E-state index contributed by atoms with van der Waals surface area (Å²) >= 11 is 1.67. The zero-order valence-electron chi connectivity index (χ0n) is 15.4. The van der Waals surface area contributed by atoms with E-state index in [1.807, 2.05) is 48.5 Å². The average molecular weight is 391 g/mol. The van der Waals surface area contributed by atoms with Crippen molar-refractivity contribution in [2.75, 3.05) is 17.7 Å². The number of benzene rings is 1. The standard InChI is InChI=1S/C22H21N3O2S/c26-22(18-7-1-2-9-20(18)28-15-17-6-5-13-27-17)25-21-11-10-16(14-24-21)19-8-3-4-12-23-19/h1-4,7-12,14,17H,5-6,13,15H2,(H,24,25,26). The summed E-state index contributed by atoms with van der Waals surface area (Å²) in [5.41, 5.74) is 2.41. The van der Waals surface area contributed by atoms with E-state index >= 15 is 0 Å². The molecule has 0 radical (unpaired) electrons. The maximum absolute atomic E-state index is 12.8. The van der Waals surface area contributed by atoms with Crippen LogP contribution in [0, 0.1) is 0 Å². The predicted molar refractivity (Wildman–Crippen MR) is 112 cm³/mol. The summed E-state index contributed by atoms with van der Waals surface area (Å²) in [5, 5.41) is 2.89. The highest BCUT2D eigenvalue weighted by Crippen LogP contribution is 2.27. The first-order valence-electron chi connectivity index (χ1n) is 9.32. The zero-order chi connectivity index (χ0) is 19.2. The van der Waals surface area contributed by atoms with Crippen LogP contribution in [-0.4, -0.2) is 34.3 Å². The van der Waals surface area contributed by atoms with Crippen LogP contribution in [0.3, 0.4) is 0 Å². The number of amides is 1. The molecule has 5 nitrogen and oxygen atoms in total. The quantitative estimate of drug-likeness (QED) is 0.619. The molecule has 0 aliphatic carbocycles. The van der Waals surface area contributed by atoms with Gasteiger partial charge in [-0.05, 0) is 49.2 Å². The molecule has 6 heteroatoms. The molecule has 1 N–H and O–H groups in total. The molecule has 28 heavy (non-hydrogen) atoms. The molecule has 1 atom stereocenters. The lowest BCUT2D eigenvalue weighted by Gasteiger charge is -2.12. The molecule has 4 rings (SSSR count). The number of hydrogen-bond donors (Lipinski definition) is 1. The van der Waals surface area contributed by atoms with E-state index in [0.29, 0.717) is 11.4 Å². The Kier molecular flexibility index (Phi) is 5.99. The number of thioether (sulfide) groups is 1. The van der Waals surface area contributed by atoms with E-state index in [4.69, 9.17) is 4.74 Å². The molecule has 2 aromatic heterocycles. The smallest absolute Gasteiger partial charge is 0.257 e. The topological polar surface area (TPSA) is 64.1 Å². The van der Waals surface area contributed by atoms with Gasteiger partial charge in [0.2, 0.25) is 0 Å². The maximum atomic E-state index is 12.8. The van der Waals surface area contributed by atoms with Crippen LogP contribution in [-0.2, 0) is 4.74 Å². The van der Waals surface area contributed by atoms with Gasteiger partial charge in [-0.3, -0.25) is 9.78 Å². The van der Waals surface area contributed by atoms with Crippen molar-refractivity contribution in [2.45, 2.75) is 23.8 Å². The second-order valence-electron chi connectivity index (χ2n) is 6.54. The Hall–Kier alpha value is -2.70. The van der Waals surface area contributed by atoms with Gasteiger partial charge in [-0.15, -0.1) is 11.8 Å². The normalized spacial score (nSPS) is 16.1. The Labute approximate surface area is 168 Å². The number of carbonyl (C=O) groups excluding carboxylic acids is 1. The van der Waals surface area contributed by atoms with Gasteiger partial charge in [-0.1, -0.05) is 18.2 Å². The molecule has 1 aliphatic rings. The van der Waals surface area contributed by atoms with Gasteiger partial charge < -0.3 is 10.1 Å². The van der Waals surface area contributed by atoms with E-state index in [2.05, 4.69) is 15.3 Å². The van der Waals surface area contributed by atoms with Gasteiger partial charge in [0, 0.05) is 35.2 Å². The predicted octanol–water partition coefficient (Wildman–Crippen LogP) is 4.67. The van der Waals surface area contributed by atoms with E-state index in [9.17, 15) is 4.79 Å². The molecule has 0 spiro atoms. The highest BCUT2D eigenvalue weighted by Gasteiger charge is 2.18. The van der Waals surface area contributed by atoms with Crippen LogP contribution < -0.4 is 5.32 Å². The molecular formula is C22H21N3O2S. The van der Waals surface area contributed by atoms with Crippen LogP contribution in [0.2, 0.25) is 0 Å². The summed E-state index contributed by atoms with van der Waals surface area (Å²) in [4.78, 5) is 22.4. The van der Waals surface area contributed by atoms with Gasteiger partial charge in [-0.25, -0.2) is 4.98 Å². The Bertz CT molecular complexity index is 926. The highest BCUT2D eigenvalue weighted by atomic mass is 32.2. The van der Waals surface area contributed by atoms with Gasteiger partial charge in [0.05, 0.1) is 17.4 Å². The Morgan fingerprint density at radius 3 is 2.75 bits per heavy atom. The highest BCUT2D eigenvalue weighted by molar-refractivity contribution is 7.99. The van der Waals surface area contributed by atoms with Crippen LogP contribution in [0.5, 0.6) is 0 Å². The third-order valence-corrected chi connectivity index (χ3v) is 5.75. The zero-order valence-corrected chi connectivity index (χ0v) is 16.2. The Morgan fingerprint density at radius 2 is 2.00 bits per heavy atom. The molecule has 142 valence electrons. The van der Waals surface area contributed by atoms with Gasteiger partial charge in [0.15, 0.2) is 0 Å². The third kappa shape index (κ3) is 4.58. The maximum Gasteiger partial charge on any atom is 0.257 e. The van der Waals surface area contributed by atoms with E-state index < -0.39 is 0 Å². The largest absolute Gasteiger partial charge is 0.377 e. The summed E-state index contributed by atoms with van der Waals surface area (Å²) in [6, 6.07) is 17.1. The molecule has 0 saturated carbocycles. The minimum atomic E-state index is -0.159. The summed E-state index contributed by atoms with van der Waals surface area (Å²) < 4.78 is 5.68. The first kappa shape index (κ1) is 18.7. The number of nitrogens with one attached hydrogen (secondary N) is 1. The van der Waals surface area contributed by atoms with E-state index in [1.54, 1.807) is 30.2 Å². The lowest BCUT2D eigenvalue weighted by atomic mass is 10.2. The second kappa shape index (κ2) is 8.99. The third-order valence-electron chi connectivity index (χ3n) is 4.55. The van der Waals surface area contributed by atoms with E-state index in [-0.39, 0.29) is 12.0 Å². The van der Waals surface area contributed by atoms with Crippen molar-refractivity contribution < 1.29 is 9.53 Å². The molecule has 1 saturated heterocycles. The number of nitrogens with zero attached hydrogens (tertiary/aromatic N) is 2. The summed E-state index contributed by atoms with van der Waals surface area (Å²) in [6.45, 7) is 0.841. The van der Waals surface area contributed by atoms with Crippen LogP contribution in [0.4, 0.5) is 5.82 Å². The minimum Gasteiger partial charge on any atom is -0.377 e. The number of carbonyl (C=O) groups is 1. The Morgan fingerprint density at radius 1 is 1.11 bits per heavy atom. The fraction of sp³-hybridized carbons (Fsp3) is 0.227. The number of rotatable bonds is 6. The number of hydrogen-bond acceptors (Lipinski definition) is 5. The van der Waals surface area contributed by atoms with Gasteiger partial charge in [0.1, 0.15) is 5.82 Å². The monoisotopic (exact) mass is 391 g/mol. The van der Waals surface area contributed by atoms with Crippen molar-refractivity contribution >= 4 is 23.5 Å². The molecule has 3 aromatic rings. The summed E-state index contributed by atoms with van der Waals surface area (Å²) in [6.07, 6.45) is 5.95. The molecule has 1 aromatic carbocycles. The van der Waals surface area contributed by atoms with Gasteiger partial charge in [0.25, 0.3) is 5.91 Å². The van der Waals surface area contributed by atoms with Crippen LogP contribution in [0.1, 0.15) is 23.2 Å². The average Bonchev–Trinajstić information content (AvgIpc) is 3.27. The molecule has 1 unspecified atom stereocenters. The van der Waals surface area contributed by atoms with Crippen LogP contribution in [0.25, 0.3) is 11.3 Å². The summed E-state index contributed by atoms with van der Waals surface area (Å²) in [7, 11) is 0. The van der Waals surface area contributed by atoms with E-state index in [0.717, 1.165) is 41.4 Å². The number of anilines is 1. The second-order valence-corrected chi connectivity index (χ2v) is 7.61. The first-order chi connectivity index (χ1) is 13.8. The fourth-order valence-corrected chi connectivity index (χ4v) is 4.19. The first-order valence-corrected chi connectivity index (χ1v) is 10.3. The van der Waals surface area contributed by atoms with Crippen molar-refractivity contribution in [3.8, 4) is 11.3 Å². The van der Waals surface area contributed by atoms with E-state index in [1.165, 1.54) is 0 Å². The van der Waals surface area contributed by atoms with Gasteiger partial charge in [-0.2, -0.15) is 0 Å². The van der Waals surface area contributed by atoms with Crippen molar-refractivity contribution in [2.24, 2.45) is 0 Å². The molecule has 3 heterocycles. The van der Waals surface area contributed by atoms with Crippen LogP contribution >= 0.6 is 11.8 Å². The van der Waals surface area contributed by atoms with Crippen molar-refractivity contribution in [1.29, 1.82) is 0 Å². The number of ether oxygens (including phenoxy) is 1. The number of aromatic nitrogens is 2. The summed E-state index contributed by atoms with van der Waals surface area (Å²) in [5.74, 6) is 1.22. The van der Waals surface area contributed by atoms with Crippen LogP contribution in [0.15, 0.2) is 71.9 Å². The van der Waals surface area contributed by atoms with Crippen molar-refractivity contribution in [3.63, 3.8) is 0 Å². The number of pyridine rings is 2. The SMILES string of the molecule is O=C(Nc1ccc(-c2ccccn2)cn1)c1ccccc1SCC1CCCO1. The fourth-order valence-electron chi connectivity index (χ4n) is 3.08. The van der Waals surface area contributed by atoms with Gasteiger partial charge >= 0.3 is 0 Å². The molecule has 0 bridgehead atoms. The Balaban J connectivity index is 1.43. The molecular weight excluding hydrogens is 370 g/mol. The lowest BCUT2D eigenvalue weighted by molar-refractivity contribution is 0.102.